The van der Waals surface area contributed by atoms with Crippen molar-refractivity contribution < 1.29 is 13.9 Å². The number of nitrogens with zero attached hydrogens (tertiary/aromatic N) is 1. The zero-order valence-corrected chi connectivity index (χ0v) is 16.6. The van der Waals surface area contributed by atoms with Crippen molar-refractivity contribution in [1.29, 1.82) is 0 Å². The van der Waals surface area contributed by atoms with Gasteiger partial charge in [0.25, 0.3) is 0 Å². The second-order valence-corrected chi connectivity index (χ2v) is 7.14. The third-order valence-electron chi connectivity index (χ3n) is 4.46. The van der Waals surface area contributed by atoms with Crippen LogP contribution < -0.4 is 10.1 Å². The molecule has 2 aromatic rings. The zero-order valence-electron chi connectivity index (χ0n) is 16.6. The summed E-state index contributed by atoms with van der Waals surface area (Å²) in [5, 5.41) is 2.94. The Hall–Kier alpha value is -2.40. The van der Waals surface area contributed by atoms with E-state index < -0.39 is 5.82 Å². The van der Waals surface area contributed by atoms with Crippen molar-refractivity contribution >= 4 is 5.91 Å². The average molecular weight is 372 g/mol. The molecular weight excluding hydrogens is 343 g/mol. The fourth-order valence-corrected chi connectivity index (χ4v) is 2.89. The Morgan fingerprint density at radius 3 is 2.41 bits per heavy atom. The van der Waals surface area contributed by atoms with Crippen LogP contribution >= 0.6 is 0 Å². The summed E-state index contributed by atoms with van der Waals surface area (Å²) in [5.74, 6) is 0.315. The number of likely N-dealkylation sites (N-methyl/N-ethyl adjacent to an activating group) is 1. The summed E-state index contributed by atoms with van der Waals surface area (Å²) in [4.78, 5) is 14.0. The molecule has 0 aromatic heterocycles. The van der Waals surface area contributed by atoms with E-state index in [1.165, 1.54) is 24.3 Å². The van der Waals surface area contributed by atoms with Crippen molar-refractivity contribution in [3.8, 4) is 5.75 Å². The number of rotatable bonds is 9. The third kappa shape index (κ3) is 6.68. The molecule has 0 spiro atoms. The molecule has 0 unspecified atom stereocenters. The Balaban J connectivity index is 1.74. The molecule has 2 aromatic carbocycles. The average Bonchev–Trinajstić information content (AvgIpc) is 2.62. The van der Waals surface area contributed by atoms with Crippen molar-refractivity contribution in [2.45, 2.75) is 32.7 Å². The minimum absolute atomic E-state index is 0.0368. The van der Waals surface area contributed by atoms with Gasteiger partial charge >= 0.3 is 0 Å². The van der Waals surface area contributed by atoms with Gasteiger partial charge in [-0.05, 0) is 48.2 Å². The quantitative estimate of drug-likeness (QED) is 0.729. The predicted octanol–water partition coefficient (Wildman–Crippen LogP) is 3.75. The van der Waals surface area contributed by atoms with Crippen molar-refractivity contribution in [3.05, 3.63) is 65.0 Å². The largest absolute Gasteiger partial charge is 0.494 e. The van der Waals surface area contributed by atoms with E-state index in [9.17, 15) is 9.18 Å². The van der Waals surface area contributed by atoms with Gasteiger partial charge in [-0.3, -0.25) is 9.69 Å². The standard InChI is InChI=1S/C22H29FN2O2/c1-16(2)19-8-5-17(6-9-19)11-12-24-22(26)15-25(3)14-18-7-10-21(27-4)20(23)13-18/h5-10,13,16H,11-12,14-15H2,1-4H3,(H,24,26). The van der Waals surface area contributed by atoms with Gasteiger partial charge in [0, 0.05) is 13.1 Å². The van der Waals surface area contributed by atoms with E-state index in [0.717, 1.165) is 12.0 Å². The molecule has 2 rings (SSSR count). The number of carbonyl (C=O) groups is 1. The Morgan fingerprint density at radius 1 is 1.15 bits per heavy atom. The molecule has 0 radical (unpaired) electrons. The first kappa shape index (κ1) is 20.9. The van der Waals surface area contributed by atoms with E-state index in [4.69, 9.17) is 4.74 Å². The van der Waals surface area contributed by atoms with Crippen molar-refractivity contribution in [1.82, 2.24) is 10.2 Å². The number of hydrogen-bond donors (Lipinski definition) is 1. The zero-order chi connectivity index (χ0) is 19.8. The lowest BCUT2D eigenvalue weighted by Gasteiger charge is -2.17. The topological polar surface area (TPSA) is 41.6 Å². The van der Waals surface area contributed by atoms with Crippen LogP contribution in [-0.4, -0.2) is 38.1 Å². The number of hydrogen-bond acceptors (Lipinski definition) is 3. The minimum Gasteiger partial charge on any atom is -0.494 e. The second kappa shape index (κ2) is 10.1. The van der Waals surface area contributed by atoms with E-state index in [0.29, 0.717) is 19.0 Å². The lowest BCUT2D eigenvalue weighted by atomic mass is 10.0. The summed E-state index contributed by atoms with van der Waals surface area (Å²) in [5.41, 5.74) is 3.33. The van der Waals surface area contributed by atoms with Crippen LogP contribution in [0.3, 0.4) is 0 Å². The van der Waals surface area contributed by atoms with E-state index in [1.54, 1.807) is 12.1 Å². The van der Waals surface area contributed by atoms with Crippen LogP contribution in [0.15, 0.2) is 42.5 Å². The highest BCUT2D eigenvalue weighted by Crippen LogP contribution is 2.18. The molecule has 0 heterocycles. The summed E-state index contributed by atoms with van der Waals surface area (Å²) < 4.78 is 18.7. The highest BCUT2D eigenvalue weighted by atomic mass is 19.1. The van der Waals surface area contributed by atoms with Gasteiger partial charge in [0.15, 0.2) is 11.6 Å². The molecule has 1 amide bonds. The maximum Gasteiger partial charge on any atom is 0.234 e. The van der Waals surface area contributed by atoms with Gasteiger partial charge < -0.3 is 10.1 Å². The van der Waals surface area contributed by atoms with Gasteiger partial charge in [-0.1, -0.05) is 44.2 Å². The molecule has 0 bridgehead atoms. The molecule has 27 heavy (non-hydrogen) atoms. The number of halogens is 1. The Bertz CT molecular complexity index is 744. The molecule has 4 nitrogen and oxygen atoms in total. The minimum atomic E-state index is -0.392. The molecule has 1 N–H and O–H groups in total. The van der Waals surface area contributed by atoms with Crippen molar-refractivity contribution in [2.75, 3.05) is 27.2 Å². The molecular formula is C22H29FN2O2. The van der Waals surface area contributed by atoms with E-state index >= 15 is 0 Å². The Morgan fingerprint density at radius 2 is 1.81 bits per heavy atom. The summed E-state index contributed by atoms with van der Waals surface area (Å²) in [6, 6.07) is 13.4. The first-order valence-corrected chi connectivity index (χ1v) is 9.25. The Kier molecular flexibility index (Phi) is 7.80. The van der Waals surface area contributed by atoms with Crippen molar-refractivity contribution in [2.24, 2.45) is 0 Å². The van der Waals surface area contributed by atoms with Crippen molar-refractivity contribution in [3.63, 3.8) is 0 Å². The van der Waals surface area contributed by atoms with Gasteiger partial charge in [-0.15, -0.1) is 0 Å². The predicted molar refractivity (Wildman–Crippen MR) is 107 cm³/mol. The molecule has 0 aliphatic carbocycles. The number of amides is 1. The van der Waals surface area contributed by atoms with Crippen LogP contribution in [0.25, 0.3) is 0 Å². The van der Waals surface area contributed by atoms with Crippen LogP contribution in [-0.2, 0) is 17.8 Å². The normalized spacial score (nSPS) is 11.1. The van der Waals surface area contributed by atoms with E-state index in [-0.39, 0.29) is 18.2 Å². The molecule has 5 heteroatoms. The summed E-state index contributed by atoms with van der Waals surface area (Å²) in [6.07, 6.45) is 0.803. The molecule has 0 aliphatic heterocycles. The molecule has 146 valence electrons. The van der Waals surface area contributed by atoms with Crippen LogP contribution in [0.5, 0.6) is 5.75 Å². The fourth-order valence-electron chi connectivity index (χ4n) is 2.89. The number of methoxy groups -OCH3 is 1. The summed E-state index contributed by atoms with van der Waals surface area (Å²) in [7, 11) is 3.28. The molecule has 0 saturated heterocycles. The number of benzene rings is 2. The molecule has 0 saturated carbocycles. The maximum absolute atomic E-state index is 13.7. The number of nitrogens with one attached hydrogen (secondary N) is 1. The SMILES string of the molecule is COc1ccc(CN(C)CC(=O)NCCc2ccc(C(C)C)cc2)cc1F. The second-order valence-electron chi connectivity index (χ2n) is 7.14. The van der Waals surface area contributed by atoms with Gasteiger partial charge in [0.2, 0.25) is 5.91 Å². The van der Waals surface area contributed by atoms with Crippen LogP contribution in [0, 0.1) is 5.82 Å². The van der Waals surface area contributed by atoms with Crippen LogP contribution in [0.1, 0.15) is 36.5 Å². The lowest BCUT2D eigenvalue weighted by molar-refractivity contribution is -0.122. The van der Waals surface area contributed by atoms with Gasteiger partial charge in [0.05, 0.1) is 13.7 Å². The first-order chi connectivity index (χ1) is 12.9. The molecule has 0 atom stereocenters. The van der Waals surface area contributed by atoms with Crippen LogP contribution in [0.2, 0.25) is 0 Å². The highest BCUT2D eigenvalue weighted by molar-refractivity contribution is 5.77. The van der Waals surface area contributed by atoms with E-state index in [1.807, 2.05) is 11.9 Å². The first-order valence-electron chi connectivity index (χ1n) is 9.25. The number of ether oxygens (including phenoxy) is 1. The summed E-state index contributed by atoms with van der Waals surface area (Å²) >= 11 is 0. The number of carbonyl (C=O) groups excluding carboxylic acids is 1. The molecule has 0 aliphatic rings. The smallest absolute Gasteiger partial charge is 0.234 e. The lowest BCUT2D eigenvalue weighted by Crippen LogP contribution is -2.35. The van der Waals surface area contributed by atoms with Gasteiger partial charge in [0.1, 0.15) is 0 Å². The van der Waals surface area contributed by atoms with Gasteiger partial charge in [-0.25, -0.2) is 4.39 Å². The van der Waals surface area contributed by atoms with E-state index in [2.05, 4.69) is 43.4 Å². The maximum atomic E-state index is 13.7. The fraction of sp³-hybridized carbons (Fsp3) is 0.409. The molecule has 0 fully saturated rings. The van der Waals surface area contributed by atoms with Crippen LogP contribution in [0.4, 0.5) is 4.39 Å². The Labute approximate surface area is 161 Å². The monoisotopic (exact) mass is 372 g/mol. The van der Waals surface area contributed by atoms with Gasteiger partial charge in [-0.2, -0.15) is 0 Å². The summed E-state index contributed by atoms with van der Waals surface area (Å²) in [6.45, 7) is 5.70. The highest BCUT2D eigenvalue weighted by Gasteiger charge is 2.09. The third-order valence-corrected chi connectivity index (χ3v) is 4.46.